The number of rotatable bonds is 7. The molecular weight excluding hydrogens is 256 g/mol. The van der Waals surface area contributed by atoms with Gasteiger partial charge >= 0.3 is 5.97 Å². The summed E-state index contributed by atoms with van der Waals surface area (Å²) >= 11 is 0. The van der Waals surface area contributed by atoms with Crippen LogP contribution in [0.25, 0.3) is 0 Å². The van der Waals surface area contributed by atoms with Gasteiger partial charge in [-0.2, -0.15) is 0 Å². The first-order chi connectivity index (χ1) is 8.95. The normalized spacial score (nSPS) is 11.9. The van der Waals surface area contributed by atoms with Crippen molar-refractivity contribution >= 4 is 11.8 Å². The van der Waals surface area contributed by atoms with E-state index >= 15 is 0 Å². The average molecular weight is 269 g/mol. The minimum Gasteiger partial charge on any atom is -0.481 e. The maximum atomic E-state index is 13.0. The molecule has 2 N–H and O–H groups in total. The van der Waals surface area contributed by atoms with E-state index in [1.165, 1.54) is 6.08 Å². The minimum absolute atomic E-state index is 0.0817. The number of aliphatic carboxylic acids is 1. The summed E-state index contributed by atoms with van der Waals surface area (Å²) in [4.78, 5) is 22.7. The molecule has 0 aliphatic carbocycles. The number of halogens is 2. The number of Topliss-reactive ketones (excluding diaryl/α,β-unsaturated/α-hetero) is 1. The number of carbonyl (C=O) groups excluding carboxylic acids is 1. The van der Waals surface area contributed by atoms with Gasteiger partial charge in [0.1, 0.15) is 0 Å². The van der Waals surface area contributed by atoms with E-state index in [1.807, 2.05) is 0 Å². The molecule has 0 heterocycles. The lowest BCUT2D eigenvalue weighted by molar-refractivity contribution is -0.137. The third-order valence-corrected chi connectivity index (χ3v) is 2.41. The molecule has 102 valence electrons. The highest BCUT2D eigenvalue weighted by Crippen LogP contribution is 2.12. The lowest BCUT2D eigenvalue weighted by Gasteiger charge is -2.14. The number of carboxylic acids is 1. The predicted molar refractivity (Wildman–Crippen MR) is 64.9 cm³/mol. The van der Waals surface area contributed by atoms with Gasteiger partial charge < -0.3 is 10.4 Å². The van der Waals surface area contributed by atoms with Gasteiger partial charge in [0.25, 0.3) is 0 Å². The summed E-state index contributed by atoms with van der Waals surface area (Å²) in [6.45, 7) is 3.67. The number of hydrogen-bond acceptors (Lipinski definition) is 3. The number of nitrogens with one attached hydrogen (secondary N) is 1. The Balaban J connectivity index is 2.93. The second-order valence-corrected chi connectivity index (χ2v) is 3.84. The summed E-state index contributed by atoms with van der Waals surface area (Å²) in [7, 11) is 0. The van der Waals surface area contributed by atoms with Gasteiger partial charge in [0.2, 0.25) is 0 Å². The Hall–Kier alpha value is -2.08. The van der Waals surface area contributed by atoms with Crippen LogP contribution >= 0.6 is 0 Å². The van der Waals surface area contributed by atoms with E-state index in [4.69, 9.17) is 5.11 Å². The fourth-order valence-corrected chi connectivity index (χ4v) is 1.51. The van der Waals surface area contributed by atoms with Crippen LogP contribution in [0, 0.1) is 11.6 Å². The van der Waals surface area contributed by atoms with E-state index in [0.29, 0.717) is 0 Å². The number of carbonyl (C=O) groups is 2. The first-order valence-electron chi connectivity index (χ1n) is 5.51. The van der Waals surface area contributed by atoms with Gasteiger partial charge in [0.15, 0.2) is 17.4 Å². The molecule has 0 amide bonds. The maximum absolute atomic E-state index is 13.0. The van der Waals surface area contributed by atoms with Crippen LogP contribution in [0.15, 0.2) is 30.9 Å². The number of carboxylic acid groups (broad SMARTS) is 1. The highest BCUT2D eigenvalue weighted by Gasteiger charge is 2.22. The third-order valence-electron chi connectivity index (χ3n) is 2.41. The molecule has 0 saturated carbocycles. The first kappa shape index (κ1) is 15.0. The molecule has 0 fully saturated rings. The second-order valence-electron chi connectivity index (χ2n) is 3.84. The largest absolute Gasteiger partial charge is 0.481 e. The van der Waals surface area contributed by atoms with Gasteiger partial charge in [-0.15, -0.1) is 6.58 Å². The molecule has 1 rings (SSSR count). The monoisotopic (exact) mass is 269 g/mol. The summed E-state index contributed by atoms with van der Waals surface area (Å²) in [6.07, 6.45) is 1.01. The van der Waals surface area contributed by atoms with E-state index in [1.54, 1.807) is 0 Å². The third kappa shape index (κ3) is 4.26. The van der Waals surface area contributed by atoms with Crippen LogP contribution in [0.1, 0.15) is 16.8 Å². The number of ketones is 1. The predicted octanol–water partition coefficient (Wildman–Crippen LogP) is 1.77. The molecule has 1 unspecified atom stereocenters. The van der Waals surface area contributed by atoms with Crippen LogP contribution in [-0.2, 0) is 4.79 Å². The van der Waals surface area contributed by atoms with E-state index in [-0.39, 0.29) is 12.1 Å². The molecular formula is C13H13F2NO3. The molecule has 0 aliphatic rings. The highest BCUT2D eigenvalue weighted by molar-refractivity contribution is 6.01. The van der Waals surface area contributed by atoms with Crippen LogP contribution in [0.4, 0.5) is 8.78 Å². The lowest BCUT2D eigenvalue weighted by atomic mass is 10.0. The molecule has 0 bridgehead atoms. The number of hydrogen-bond donors (Lipinski definition) is 2. The molecule has 0 aromatic heterocycles. The van der Waals surface area contributed by atoms with Crippen LogP contribution in [0.5, 0.6) is 0 Å². The van der Waals surface area contributed by atoms with Crippen LogP contribution in [0.2, 0.25) is 0 Å². The summed E-state index contributed by atoms with van der Waals surface area (Å²) in [6, 6.07) is 1.68. The Morgan fingerprint density at radius 1 is 1.37 bits per heavy atom. The van der Waals surface area contributed by atoms with Crippen molar-refractivity contribution in [1.29, 1.82) is 0 Å². The van der Waals surface area contributed by atoms with Gasteiger partial charge in [-0.3, -0.25) is 9.59 Å². The minimum atomic E-state index is -1.17. The van der Waals surface area contributed by atoms with Crippen LogP contribution < -0.4 is 5.32 Å². The Labute approximate surface area is 108 Å². The smallest absolute Gasteiger partial charge is 0.305 e. The van der Waals surface area contributed by atoms with Gasteiger partial charge in [-0.1, -0.05) is 6.08 Å². The van der Waals surface area contributed by atoms with Crippen molar-refractivity contribution in [2.75, 3.05) is 6.54 Å². The Kier molecular flexibility index (Phi) is 5.32. The van der Waals surface area contributed by atoms with Crippen molar-refractivity contribution in [3.63, 3.8) is 0 Å². The highest BCUT2D eigenvalue weighted by atomic mass is 19.2. The fourth-order valence-electron chi connectivity index (χ4n) is 1.51. The standard InChI is InChI=1S/C13H13F2NO3/c1-2-5-16-11(7-12(17)18)13(19)8-3-4-9(14)10(15)6-8/h2-4,6,11,16H,1,5,7H2,(H,17,18). The van der Waals surface area contributed by atoms with Gasteiger partial charge in [0.05, 0.1) is 12.5 Å². The molecule has 1 aromatic rings. The zero-order valence-corrected chi connectivity index (χ0v) is 10.0. The number of benzene rings is 1. The SMILES string of the molecule is C=CCNC(CC(=O)O)C(=O)c1ccc(F)c(F)c1. The van der Waals surface area contributed by atoms with E-state index < -0.39 is 35.8 Å². The molecule has 6 heteroatoms. The molecule has 0 saturated heterocycles. The molecule has 1 aromatic carbocycles. The first-order valence-corrected chi connectivity index (χ1v) is 5.51. The summed E-state index contributed by atoms with van der Waals surface area (Å²) < 4.78 is 25.8. The van der Waals surface area contributed by atoms with Crippen molar-refractivity contribution in [3.8, 4) is 0 Å². The zero-order valence-electron chi connectivity index (χ0n) is 10.0. The topological polar surface area (TPSA) is 66.4 Å². The van der Waals surface area contributed by atoms with Crippen molar-refractivity contribution < 1.29 is 23.5 Å². The molecule has 1 atom stereocenters. The molecule has 0 radical (unpaired) electrons. The quantitative estimate of drug-likeness (QED) is 0.585. The van der Waals surface area contributed by atoms with Gasteiger partial charge in [-0.25, -0.2) is 8.78 Å². The molecule has 0 aliphatic heterocycles. The summed E-state index contributed by atoms with van der Waals surface area (Å²) in [5.41, 5.74) is -0.0817. The van der Waals surface area contributed by atoms with E-state index in [9.17, 15) is 18.4 Å². The maximum Gasteiger partial charge on any atom is 0.305 e. The van der Waals surface area contributed by atoms with Crippen molar-refractivity contribution in [2.24, 2.45) is 0 Å². The van der Waals surface area contributed by atoms with Crippen molar-refractivity contribution in [2.45, 2.75) is 12.5 Å². The Morgan fingerprint density at radius 2 is 2.05 bits per heavy atom. The average Bonchev–Trinajstić information content (AvgIpc) is 2.36. The van der Waals surface area contributed by atoms with Crippen LogP contribution in [0.3, 0.4) is 0 Å². The Bertz CT molecular complexity index is 503. The van der Waals surface area contributed by atoms with Crippen molar-refractivity contribution in [1.82, 2.24) is 5.32 Å². The summed E-state index contributed by atoms with van der Waals surface area (Å²) in [5, 5.41) is 11.4. The zero-order chi connectivity index (χ0) is 14.4. The second kappa shape index (κ2) is 6.75. The fraction of sp³-hybridized carbons (Fsp3) is 0.231. The van der Waals surface area contributed by atoms with E-state index in [0.717, 1.165) is 18.2 Å². The van der Waals surface area contributed by atoms with E-state index in [2.05, 4.69) is 11.9 Å². The lowest BCUT2D eigenvalue weighted by Crippen LogP contribution is -2.38. The van der Waals surface area contributed by atoms with Gasteiger partial charge in [-0.05, 0) is 18.2 Å². The van der Waals surface area contributed by atoms with Crippen molar-refractivity contribution in [3.05, 3.63) is 48.1 Å². The van der Waals surface area contributed by atoms with Crippen LogP contribution in [-0.4, -0.2) is 29.4 Å². The molecule has 4 nitrogen and oxygen atoms in total. The molecule has 0 spiro atoms. The summed E-state index contributed by atoms with van der Waals surface area (Å²) in [5.74, 6) is -3.99. The Morgan fingerprint density at radius 3 is 2.58 bits per heavy atom. The molecule has 19 heavy (non-hydrogen) atoms. The van der Waals surface area contributed by atoms with Gasteiger partial charge in [0, 0.05) is 12.1 Å².